The van der Waals surface area contributed by atoms with Crippen LogP contribution in [0.2, 0.25) is 0 Å². The zero-order valence-corrected chi connectivity index (χ0v) is 10.1. The molecule has 0 spiro atoms. The predicted molar refractivity (Wildman–Crippen MR) is 57.3 cm³/mol. The van der Waals surface area contributed by atoms with Crippen molar-refractivity contribution in [3.63, 3.8) is 0 Å². The van der Waals surface area contributed by atoms with Crippen LogP contribution in [0.1, 0.15) is 13.8 Å². The molecule has 0 radical (unpaired) electrons. The van der Waals surface area contributed by atoms with Crippen LogP contribution in [0.25, 0.3) is 0 Å². The molecule has 0 aromatic heterocycles. The highest BCUT2D eigenvalue weighted by Crippen LogP contribution is 2.11. The molecule has 8 heteroatoms. The maximum Gasteiger partial charge on any atom is 0.303 e. The van der Waals surface area contributed by atoms with Crippen LogP contribution < -0.4 is 0 Å². The van der Waals surface area contributed by atoms with Crippen molar-refractivity contribution in [2.75, 3.05) is 13.2 Å². The molecule has 0 saturated carbocycles. The van der Waals surface area contributed by atoms with Crippen LogP contribution in [0, 0.1) is 0 Å². The molecule has 0 unspecified atom stereocenters. The lowest BCUT2D eigenvalue weighted by atomic mass is 10.0. The monoisotopic (exact) mass is 266 g/mol. The summed E-state index contributed by atoms with van der Waals surface area (Å²) >= 11 is 0. The molecule has 18 heavy (non-hydrogen) atoms. The highest BCUT2D eigenvalue weighted by atomic mass is 16.6. The van der Waals surface area contributed by atoms with Crippen molar-refractivity contribution in [1.29, 1.82) is 0 Å². The van der Waals surface area contributed by atoms with E-state index in [9.17, 15) is 24.9 Å². The molecule has 8 nitrogen and oxygen atoms in total. The van der Waals surface area contributed by atoms with Gasteiger partial charge in [0.2, 0.25) is 0 Å². The van der Waals surface area contributed by atoms with Gasteiger partial charge < -0.3 is 29.9 Å². The van der Waals surface area contributed by atoms with E-state index in [4.69, 9.17) is 5.11 Å². The first-order valence-electron chi connectivity index (χ1n) is 5.25. The number of carbonyl (C=O) groups is 2. The number of hydrogen-bond donors (Lipinski definition) is 4. The second-order valence-corrected chi connectivity index (χ2v) is 3.68. The number of hydrogen-bond acceptors (Lipinski definition) is 8. The lowest BCUT2D eigenvalue weighted by molar-refractivity contribution is -0.178. The average Bonchev–Trinajstić information content (AvgIpc) is 2.30. The molecule has 4 N–H and O–H groups in total. The van der Waals surface area contributed by atoms with Crippen molar-refractivity contribution >= 4 is 11.9 Å². The van der Waals surface area contributed by atoms with Gasteiger partial charge in [-0.2, -0.15) is 0 Å². The molecular weight excluding hydrogens is 248 g/mol. The predicted octanol–water partition coefficient (Wildman–Crippen LogP) is -2.44. The summed E-state index contributed by atoms with van der Waals surface area (Å²) in [5.74, 6) is -1.46. The summed E-state index contributed by atoms with van der Waals surface area (Å²) in [6.45, 7) is 0.873. The van der Waals surface area contributed by atoms with Gasteiger partial charge in [-0.25, -0.2) is 0 Å². The fraction of sp³-hybridized carbons (Fsp3) is 0.800. The first-order valence-corrected chi connectivity index (χ1v) is 5.25. The molecule has 0 aliphatic carbocycles. The van der Waals surface area contributed by atoms with E-state index in [-0.39, 0.29) is 0 Å². The van der Waals surface area contributed by atoms with Gasteiger partial charge in [0.05, 0.1) is 6.61 Å². The summed E-state index contributed by atoms with van der Waals surface area (Å²) in [5.41, 5.74) is 0. The van der Waals surface area contributed by atoms with Gasteiger partial charge in [0.25, 0.3) is 0 Å². The number of esters is 2. The Bertz CT molecular complexity index is 279. The van der Waals surface area contributed by atoms with Gasteiger partial charge in [-0.3, -0.25) is 9.59 Å². The van der Waals surface area contributed by atoms with Crippen molar-refractivity contribution in [3.8, 4) is 0 Å². The number of ether oxygens (including phenoxy) is 2. The third kappa shape index (κ3) is 5.92. The van der Waals surface area contributed by atoms with Gasteiger partial charge in [-0.05, 0) is 0 Å². The average molecular weight is 266 g/mol. The first-order chi connectivity index (χ1) is 8.29. The number of rotatable bonds is 7. The third-order valence-corrected chi connectivity index (χ3v) is 2.06. The lowest BCUT2D eigenvalue weighted by Gasteiger charge is -2.28. The highest BCUT2D eigenvalue weighted by Gasteiger charge is 2.35. The maximum atomic E-state index is 10.8. The number of aliphatic hydroxyl groups is 4. The molecule has 0 aromatic carbocycles. The molecule has 0 aromatic rings. The van der Waals surface area contributed by atoms with Crippen LogP contribution in [-0.4, -0.2) is 70.0 Å². The van der Waals surface area contributed by atoms with E-state index in [1.54, 1.807) is 0 Å². The Kier molecular flexibility index (Phi) is 7.44. The Morgan fingerprint density at radius 1 is 1.06 bits per heavy atom. The number of aliphatic hydroxyl groups excluding tert-OH is 4. The van der Waals surface area contributed by atoms with Crippen molar-refractivity contribution in [2.24, 2.45) is 0 Å². The fourth-order valence-corrected chi connectivity index (χ4v) is 1.19. The minimum Gasteiger partial charge on any atom is -0.463 e. The van der Waals surface area contributed by atoms with Crippen molar-refractivity contribution in [3.05, 3.63) is 0 Å². The zero-order valence-electron chi connectivity index (χ0n) is 10.1. The smallest absolute Gasteiger partial charge is 0.303 e. The molecule has 0 fully saturated rings. The van der Waals surface area contributed by atoms with Gasteiger partial charge in [0.1, 0.15) is 24.9 Å². The summed E-state index contributed by atoms with van der Waals surface area (Å²) in [7, 11) is 0. The van der Waals surface area contributed by atoms with Crippen LogP contribution in [0.4, 0.5) is 0 Å². The van der Waals surface area contributed by atoms with E-state index < -0.39 is 49.6 Å². The quantitative estimate of drug-likeness (QED) is 0.373. The maximum absolute atomic E-state index is 10.8. The van der Waals surface area contributed by atoms with Crippen LogP contribution >= 0.6 is 0 Å². The Morgan fingerprint density at radius 2 is 1.61 bits per heavy atom. The Morgan fingerprint density at radius 3 is 2.00 bits per heavy atom. The second-order valence-electron chi connectivity index (χ2n) is 3.68. The molecule has 0 bridgehead atoms. The van der Waals surface area contributed by atoms with Crippen LogP contribution in [0.15, 0.2) is 0 Å². The molecular formula is C10H18O8. The van der Waals surface area contributed by atoms with E-state index >= 15 is 0 Å². The van der Waals surface area contributed by atoms with Gasteiger partial charge in [-0.15, -0.1) is 0 Å². The van der Waals surface area contributed by atoms with Crippen LogP contribution in [0.5, 0.6) is 0 Å². The minimum atomic E-state index is -1.70. The van der Waals surface area contributed by atoms with E-state index in [2.05, 4.69) is 9.47 Å². The van der Waals surface area contributed by atoms with Crippen LogP contribution in [0.3, 0.4) is 0 Å². The van der Waals surface area contributed by atoms with E-state index in [1.807, 2.05) is 0 Å². The van der Waals surface area contributed by atoms with Crippen molar-refractivity contribution < 1.29 is 39.5 Å². The molecule has 0 rings (SSSR count). The Balaban J connectivity index is 4.64. The third-order valence-electron chi connectivity index (χ3n) is 2.06. The summed E-state index contributed by atoms with van der Waals surface area (Å²) in [6, 6.07) is 0. The highest BCUT2D eigenvalue weighted by molar-refractivity contribution is 5.66. The Labute approximate surface area is 104 Å². The lowest BCUT2D eigenvalue weighted by Crippen LogP contribution is -2.49. The summed E-state index contributed by atoms with van der Waals surface area (Å²) in [4.78, 5) is 21.4. The summed E-state index contributed by atoms with van der Waals surface area (Å²) in [6.07, 6.45) is -6.33. The summed E-state index contributed by atoms with van der Waals surface area (Å²) in [5, 5.41) is 37.1. The minimum absolute atomic E-state index is 0.511. The molecule has 106 valence electrons. The van der Waals surface area contributed by atoms with E-state index in [0.717, 1.165) is 13.8 Å². The molecule has 0 amide bonds. The first kappa shape index (κ1) is 16.8. The molecule has 0 saturated heterocycles. The molecule has 0 heterocycles. The molecule has 0 aliphatic rings. The van der Waals surface area contributed by atoms with Gasteiger partial charge >= 0.3 is 11.9 Å². The van der Waals surface area contributed by atoms with Crippen molar-refractivity contribution in [2.45, 2.75) is 38.3 Å². The summed E-state index contributed by atoms with van der Waals surface area (Å²) < 4.78 is 9.12. The molecule has 0 aliphatic heterocycles. The Hall–Kier alpha value is -1.22. The van der Waals surface area contributed by atoms with Crippen molar-refractivity contribution in [1.82, 2.24) is 0 Å². The van der Waals surface area contributed by atoms with Gasteiger partial charge in [0.15, 0.2) is 6.10 Å². The standard InChI is InChI=1S/C10H18O8/c1-5(12)17-4-8(15)10(18-6(2)13)9(16)7(14)3-11/h7-11,14-16H,3-4H2,1-2H3/t7-,8+,9-,10-/m0/s1. The normalized spacial score (nSPS) is 17.4. The van der Waals surface area contributed by atoms with Gasteiger partial charge in [0, 0.05) is 13.8 Å². The second kappa shape index (κ2) is 7.98. The zero-order chi connectivity index (χ0) is 14.3. The van der Waals surface area contributed by atoms with E-state index in [0.29, 0.717) is 0 Å². The SMILES string of the molecule is CC(=O)OC[C@@H](O)[C@H](OC(C)=O)[C@@H](O)[C@@H](O)CO. The number of carbonyl (C=O) groups excluding carboxylic acids is 2. The molecule has 4 atom stereocenters. The largest absolute Gasteiger partial charge is 0.463 e. The topological polar surface area (TPSA) is 134 Å². The van der Waals surface area contributed by atoms with Crippen LogP contribution in [-0.2, 0) is 19.1 Å². The van der Waals surface area contributed by atoms with Gasteiger partial charge in [-0.1, -0.05) is 0 Å². The van der Waals surface area contributed by atoms with E-state index in [1.165, 1.54) is 0 Å². The fourth-order valence-electron chi connectivity index (χ4n) is 1.19.